The highest BCUT2D eigenvalue weighted by Gasteiger charge is 2.24. The third kappa shape index (κ3) is 4.07. The number of nitro groups is 1. The van der Waals surface area contributed by atoms with Crippen LogP contribution >= 0.6 is 0 Å². The van der Waals surface area contributed by atoms with Gasteiger partial charge in [0, 0.05) is 26.9 Å². The minimum atomic E-state index is -0.488. The van der Waals surface area contributed by atoms with Crippen molar-refractivity contribution in [2.24, 2.45) is 7.05 Å². The molecule has 0 unspecified atom stereocenters. The van der Waals surface area contributed by atoms with Crippen molar-refractivity contribution in [3.05, 3.63) is 28.2 Å². The van der Waals surface area contributed by atoms with Crippen molar-refractivity contribution in [3.8, 4) is 0 Å². The zero-order valence-electron chi connectivity index (χ0n) is 13.6. The van der Waals surface area contributed by atoms with E-state index in [2.05, 4.69) is 20.8 Å². The molecular formula is C13H19N7O4. The van der Waals surface area contributed by atoms with Gasteiger partial charge in [-0.1, -0.05) is 0 Å². The summed E-state index contributed by atoms with van der Waals surface area (Å²) in [5.41, 5.74) is 0.739. The summed E-state index contributed by atoms with van der Waals surface area (Å²) in [5.74, 6) is 0.0469. The second kappa shape index (κ2) is 7.55. The van der Waals surface area contributed by atoms with Gasteiger partial charge < -0.3 is 15.4 Å². The van der Waals surface area contributed by atoms with Crippen molar-refractivity contribution >= 4 is 23.1 Å². The van der Waals surface area contributed by atoms with Crippen molar-refractivity contribution in [2.45, 2.75) is 13.5 Å². The molecule has 24 heavy (non-hydrogen) atoms. The molecule has 0 spiro atoms. The van der Waals surface area contributed by atoms with Crippen molar-refractivity contribution in [1.82, 2.24) is 24.9 Å². The van der Waals surface area contributed by atoms with E-state index in [0.717, 1.165) is 0 Å². The molecule has 0 atom stereocenters. The normalized spacial score (nSPS) is 10.6. The first-order valence-corrected chi connectivity index (χ1v) is 7.15. The molecule has 130 valence electrons. The number of aryl methyl sites for hydroxylation is 2. The van der Waals surface area contributed by atoms with E-state index in [4.69, 9.17) is 4.74 Å². The van der Waals surface area contributed by atoms with Crippen LogP contribution in [0.15, 0.2) is 12.4 Å². The Labute approximate surface area is 137 Å². The van der Waals surface area contributed by atoms with Crippen LogP contribution in [0.3, 0.4) is 0 Å². The molecule has 11 nitrogen and oxygen atoms in total. The summed E-state index contributed by atoms with van der Waals surface area (Å²) in [6.07, 6.45) is 3.07. The number of hydrogen-bond donors (Lipinski definition) is 2. The van der Waals surface area contributed by atoms with E-state index < -0.39 is 4.92 Å². The highest BCUT2D eigenvalue weighted by atomic mass is 16.6. The van der Waals surface area contributed by atoms with E-state index in [0.29, 0.717) is 24.5 Å². The highest BCUT2D eigenvalue weighted by molar-refractivity contribution is 5.75. The van der Waals surface area contributed by atoms with Crippen LogP contribution in [-0.2, 0) is 23.1 Å². The van der Waals surface area contributed by atoms with Gasteiger partial charge in [-0.2, -0.15) is 10.2 Å². The Balaban J connectivity index is 2.04. The third-order valence-corrected chi connectivity index (χ3v) is 3.20. The van der Waals surface area contributed by atoms with Gasteiger partial charge in [0.2, 0.25) is 11.7 Å². The summed E-state index contributed by atoms with van der Waals surface area (Å²) in [4.78, 5) is 22.4. The minimum absolute atomic E-state index is 0.0396. The average molecular weight is 337 g/mol. The van der Waals surface area contributed by atoms with Crippen molar-refractivity contribution in [3.63, 3.8) is 0 Å². The largest absolute Gasteiger partial charge is 0.383 e. The summed E-state index contributed by atoms with van der Waals surface area (Å²) in [6, 6.07) is 0. The van der Waals surface area contributed by atoms with E-state index >= 15 is 0 Å². The number of carbonyl (C=O) groups excluding carboxylic acids is 1. The van der Waals surface area contributed by atoms with Gasteiger partial charge in [-0.25, -0.2) is 4.68 Å². The fourth-order valence-electron chi connectivity index (χ4n) is 2.15. The number of anilines is 2. The number of ether oxygens (including phenoxy) is 1. The van der Waals surface area contributed by atoms with Crippen molar-refractivity contribution in [1.29, 1.82) is 0 Å². The van der Waals surface area contributed by atoms with Gasteiger partial charge in [0.05, 0.1) is 23.4 Å². The standard InChI is InChI=1S/C13H19N7O4/c1-9-12(20(22)23)13(18(2)17-9)16-10-6-15-19(7-10)8-11(21)14-4-5-24-3/h6-7,16H,4-5,8H2,1-3H3,(H,14,21). The maximum absolute atomic E-state index is 11.7. The average Bonchev–Trinajstić information content (AvgIpc) is 3.04. The molecular weight excluding hydrogens is 318 g/mol. The van der Waals surface area contributed by atoms with Gasteiger partial charge >= 0.3 is 5.69 Å². The fourth-order valence-corrected chi connectivity index (χ4v) is 2.15. The molecule has 2 heterocycles. The van der Waals surface area contributed by atoms with Gasteiger partial charge in [-0.05, 0) is 6.92 Å². The summed E-state index contributed by atoms with van der Waals surface area (Å²) in [7, 11) is 3.16. The van der Waals surface area contributed by atoms with Crippen LogP contribution in [0, 0.1) is 17.0 Å². The van der Waals surface area contributed by atoms with Gasteiger partial charge in [0.15, 0.2) is 0 Å². The van der Waals surface area contributed by atoms with Gasteiger partial charge in [0.1, 0.15) is 12.2 Å². The maximum Gasteiger partial charge on any atom is 0.334 e. The molecule has 0 fully saturated rings. The molecule has 0 aliphatic rings. The van der Waals surface area contributed by atoms with Crippen LogP contribution in [-0.4, -0.2) is 50.7 Å². The lowest BCUT2D eigenvalue weighted by Crippen LogP contribution is -2.30. The molecule has 1 amide bonds. The SMILES string of the molecule is COCCNC(=O)Cn1cc(Nc2c([N+](=O)[O-])c(C)nn2C)cn1. The van der Waals surface area contributed by atoms with Crippen LogP contribution < -0.4 is 10.6 Å². The van der Waals surface area contributed by atoms with Crippen LogP contribution in [0.4, 0.5) is 17.2 Å². The minimum Gasteiger partial charge on any atom is -0.383 e. The monoisotopic (exact) mass is 337 g/mol. The van der Waals surface area contributed by atoms with E-state index in [1.165, 1.54) is 15.6 Å². The molecule has 0 bridgehead atoms. The molecule has 2 aromatic rings. The highest BCUT2D eigenvalue weighted by Crippen LogP contribution is 2.29. The van der Waals surface area contributed by atoms with Crippen LogP contribution in [0.2, 0.25) is 0 Å². The van der Waals surface area contributed by atoms with Crippen LogP contribution in [0.25, 0.3) is 0 Å². The van der Waals surface area contributed by atoms with E-state index in [9.17, 15) is 14.9 Å². The first-order chi connectivity index (χ1) is 11.4. The smallest absolute Gasteiger partial charge is 0.334 e. The Kier molecular flexibility index (Phi) is 5.47. The van der Waals surface area contributed by atoms with Crippen molar-refractivity contribution in [2.75, 3.05) is 25.6 Å². The Bertz CT molecular complexity index is 737. The Morgan fingerprint density at radius 2 is 2.25 bits per heavy atom. The molecule has 2 aromatic heterocycles. The lowest BCUT2D eigenvalue weighted by atomic mass is 10.4. The molecule has 2 rings (SSSR count). The predicted octanol–water partition coefficient (Wildman–Crippen LogP) is 0.339. The maximum atomic E-state index is 11.7. The lowest BCUT2D eigenvalue weighted by molar-refractivity contribution is -0.384. The fraction of sp³-hybridized carbons (Fsp3) is 0.462. The quantitative estimate of drug-likeness (QED) is 0.403. The first kappa shape index (κ1) is 17.4. The second-order valence-corrected chi connectivity index (χ2v) is 5.06. The lowest BCUT2D eigenvalue weighted by Gasteiger charge is -2.04. The number of methoxy groups -OCH3 is 1. The van der Waals surface area contributed by atoms with Gasteiger partial charge in [0.25, 0.3) is 0 Å². The van der Waals surface area contributed by atoms with Crippen LogP contribution in [0.5, 0.6) is 0 Å². The molecule has 11 heteroatoms. The Morgan fingerprint density at radius 3 is 2.92 bits per heavy atom. The molecule has 2 N–H and O–H groups in total. The Morgan fingerprint density at radius 1 is 1.50 bits per heavy atom. The number of hydrogen-bond acceptors (Lipinski definition) is 7. The summed E-state index contributed by atoms with van der Waals surface area (Å²) < 4.78 is 7.67. The summed E-state index contributed by atoms with van der Waals surface area (Å²) in [5, 5.41) is 24.8. The molecule has 0 aliphatic carbocycles. The topological polar surface area (TPSA) is 129 Å². The number of nitrogens with zero attached hydrogens (tertiary/aromatic N) is 5. The summed E-state index contributed by atoms with van der Waals surface area (Å²) >= 11 is 0. The molecule has 0 aliphatic heterocycles. The number of carbonyl (C=O) groups is 1. The summed E-state index contributed by atoms with van der Waals surface area (Å²) in [6.45, 7) is 2.46. The van der Waals surface area contributed by atoms with Crippen LogP contribution in [0.1, 0.15) is 5.69 Å². The number of rotatable bonds is 8. The molecule has 0 saturated carbocycles. The van der Waals surface area contributed by atoms with Gasteiger partial charge in [-0.3, -0.25) is 19.6 Å². The molecule has 0 radical (unpaired) electrons. The number of aromatic nitrogens is 4. The zero-order chi connectivity index (χ0) is 17.7. The predicted molar refractivity (Wildman–Crippen MR) is 85.0 cm³/mol. The third-order valence-electron chi connectivity index (χ3n) is 3.20. The van der Waals surface area contributed by atoms with E-state index in [1.54, 1.807) is 27.3 Å². The molecule has 0 aromatic carbocycles. The number of nitrogens with one attached hydrogen (secondary N) is 2. The Hall–Kier alpha value is -2.95. The van der Waals surface area contributed by atoms with Gasteiger partial charge in [-0.15, -0.1) is 0 Å². The van der Waals surface area contributed by atoms with Crippen molar-refractivity contribution < 1.29 is 14.5 Å². The van der Waals surface area contributed by atoms with E-state index in [-0.39, 0.29) is 24.0 Å². The zero-order valence-corrected chi connectivity index (χ0v) is 13.6. The first-order valence-electron chi connectivity index (χ1n) is 7.15. The van der Waals surface area contributed by atoms with E-state index in [1.807, 2.05) is 0 Å². The molecule has 0 saturated heterocycles. The second-order valence-electron chi connectivity index (χ2n) is 5.06. The number of amides is 1.